The molecular weight excluding hydrogens is 383 g/mol. The summed E-state index contributed by atoms with van der Waals surface area (Å²) in [5, 5.41) is 1.47. The standard InChI is InChI=1S/C24H31O4P/c1-3-4-15-22(25)23(16-17-24(2)27-18-19-28-24)29(26,20-11-7-5-8-12-20)21-13-9-6-10-14-21/h5-14,23H,3-4,15-19H2,1-2H3. The average molecular weight is 414 g/mol. The highest BCUT2D eigenvalue weighted by atomic mass is 31.2. The molecule has 1 saturated heterocycles. The molecule has 0 spiro atoms. The van der Waals surface area contributed by atoms with Gasteiger partial charge in [-0.25, -0.2) is 0 Å². The number of rotatable bonds is 10. The van der Waals surface area contributed by atoms with Gasteiger partial charge in [-0.15, -0.1) is 0 Å². The van der Waals surface area contributed by atoms with Gasteiger partial charge in [-0.05, 0) is 19.8 Å². The van der Waals surface area contributed by atoms with Crippen LogP contribution in [0.3, 0.4) is 0 Å². The minimum absolute atomic E-state index is 0.0736. The summed E-state index contributed by atoms with van der Waals surface area (Å²) in [5.74, 6) is -0.633. The minimum Gasteiger partial charge on any atom is -0.348 e. The zero-order chi connectivity index (χ0) is 20.7. The summed E-state index contributed by atoms with van der Waals surface area (Å²) < 4.78 is 26.2. The van der Waals surface area contributed by atoms with Gasteiger partial charge in [0.25, 0.3) is 0 Å². The lowest BCUT2D eigenvalue weighted by Gasteiger charge is -2.30. The van der Waals surface area contributed by atoms with Crippen LogP contribution < -0.4 is 10.6 Å². The topological polar surface area (TPSA) is 52.6 Å². The van der Waals surface area contributed by atoms with Crippen LogP contribution in [0.2, 0.25) is 0 Å². The molecule has 0 N–H and O–H groups in total. The second-order valence-electron chi connectivity index (χ2n) is 7.78. The van der Waals surface area contributed by atoms with Crippen LogP contribution in [0.15, 0.2) is 60.7 Å². The number of ketones is 1. The maximum Gasteiger partial charge on any atom is 0.165 e. The second-order valence-corrected chi connectivity index (χ2v) is 10.8. The van der Waals surface area contributed by atoms with Gasteiger partial charge >= 0.3 is 0 Å². The quantitative estimate of drug-likeness (QED) is 0.530. The van der Waals surface area contributed by atoms with E-state index in [1.165, 1.54) is 0 Å². The van der Waals surface area contributed by atoms with Gasteiger partial charge in [-0.1, -0.05) is 74.0 Å². The van der Waals surface area contributed by atoms with E-state index in [1.807, 2.05) is 67.6 Å². The van der Waals surface area contributed by atoms with E-state index in [-0.39, 0.29) is 5.78 Å². The van der Waals surface area contributed by atoms with Crippen LogP contribution in [0.1, 0.15) is 46.0 Å². The number of hydrogen-bond donors (Lipinski definition) is 0. The Kier molecular flexibility index (Phi) is 7.45. The second kappa shape index (κ2) is 9.84. The van der Waals surface area contributed by atoms with Gasteiger partial charge in [0.1, 0.15) is 5.78 Å². The van der Waals surface area contributed by atoms with Crippen LogP contribution in [0, 0.1) is 0 Å². The van der Waals surface area contributed by atoms with Crippen molar-refractivity contribution >= 4 is 23.5 Å². The first-order valence-electron chi connectivity index (χ1n) is 10.5. The molecule has 0 bridgehead atoms. The van der Waals surface area contributed by atoms with Crippen LogP contribution in [-0.4, -0.2) is 30.4 Å². The number of carbonyl (C=O) groups excluding carboxylic acids is 1. The lowest BCUT2D eigenvalue weighted by molar-refractivity contribution is -0.148. The summed E-state index contributed by atoms with van der Waals surface area (Å²) in [6.07, 6.45) is 3.20. The van der Waals surface area contributed by atoms with Crippen molar-refractivity contribution in [3.05, 3.63) is 60.7 Å². The molecule has 29 heavy (non-hydrogen) atoms. The fourth-order valence-electron chi connectivity index (χ4n) is 3.97. The van der Waals surface area contributed by atoms with Crippen molar-refractivity contribution < 1.29 is 18.8 Å². The van der Waals surface area contributed by atoms with Crippen LogP contribution >= 0.6 is 7.14 Å². The molecule has 1 aliphatic rings. The van der Waals surface area contributed by atoms with Crippen molar-refractivity contribution in [1.29, 1.82) is 0 Å². The smallest absolute Gasteiger partial charge is 0.165 e. The molecule has 0 saturated carbocycles. The fourth-order valence-corrected chi connectivity index (χ4v) is 7.25. The van der Waals surface area contributed by atoms with E-state index < -0.39 is 18.6 Å². The molecular formula is C24H31O4P. The zero-order valence-corrected chi connectivity index (χ0v) is 18.3. The van der Waals surface area contributed by atoms with E-state index in [1.54, 1.807) is 0 Å². The molecule has 1 unspecified atom stereocenters. The van der Waals surface area contributed by atoms with E-state index in [9.17, 15) is 9.36 Å². The van der Waals surface area contributed by atoms with E-state index in [4.69, 9.17) is 9.47 Å². The van der Waals surface area contributed by atoms with Gasteiger partial charge in [0.05, 0.1) is 18.9 Å². The van der Waals surface area contributed by atoms with Crippen molar-refractivity contribution in [1.82, 2.24) is 0 Å². The van der Waals surface area contributed by atoms with Gasteiger partial charge in [0.2, 0.25) is 0 Å². The van der Waals surface area contributed by atoms with Gasteiger partial charge in [-0.2, -0.15) is 0 Å². The van der Waals surface area contributed by atoms with Crippen molar-refractivity contribution in [2.24, 2.45) is 0 Å². The van der Waals surface area contributed by atoms with Crippen LogP contribution in [0.5, 0.6) is 0 Å². The minimum atomic E-state index is -3.18. The number of benzene rings is 2. The number of hydrogen-bond acceptors (Lipinski definition) is 4. The molecule has 4 nitrogen and oxygen atoms in total. The Balaban J connectivity index is 2.02. The van der Waals surface area contributed by atoms with E-state index >= 15 is 0 Å². The van der Waals surface area contributed by atoms with Crippen molar-refractivity contribution in [3.8, 4) is 0 Å². The summed E-state index contributed by atoms with van der Waals surface area (Å²) >= 11 is 0. The predicted octanol–water partition coefficient (Wildman–Crippen LogP) is 4.67. The lowest BCUT2D eigenvalue weighted by Crippen LogP contribution is -2.35. The molecule has 2 aromatic carbocycles. The summed E-state index contributed by atoms with van der Waals surface area (Å²) in [4.78, 5) is 13.4. The lowest BCUT2D eigenvalue weighted by atomic mass is 10.0. The predicted molar refractivity (Wildman–Crippen MR) is 118 cm³/mol. The molecule has 0 aliphatic carbocycles. The molecule has 156 valence electrons. The highest BCUT2D eigenvalue weighted by Gasteiger charge is 2.42. The van der Waals surface area contributed by atoms with Gasteiger partial charge in [0.15, 0.2) is 12.9 Å². The Morgan fingerprint density at radius 2 is 1.52 bits per heavy atom. The van der Waals surface area contributed by atoms with Crippen molar-refractivity contribution in [3.63, 3.8) is 0 Å². The van der Waals surface area contributed by atoms with E-state index in [0.29, 0.717) is 32.5 Å². The Morgan fingerprint density at radius 3 is 2.00 bits per heavy atom. The summed E-state index contributed by atoms with van der Waals surface area (Å²) in [7, 11) is -3.18. The first kappa shape index (κ1) is 22.0. The molecule has 1 fully saturated rings. The fraction of sp³-hybridized carbons (Fsp3) is 0.458. The number of Topliss-reactive ketones (excluding diaryl/α,β-unsaturated/α-hetero) is 1. The molecule has 3 rings (SSSR count). The Hall–Kier alpha value is -1.74. The maximum atomic E-state index is 14.7. The van der Waals surface area contributed by atoms with Crippen LogP contribution in [0.25, 0.3) is 0 Å². The van der Waals surface area contributed by atoms with Gasteiger partial charge in [0, 0.05) is 23.5 Å². The number of carbonyl (C=O) groups is 1. The molecule has 0 aromatic heterocycles. The SMILES string of the molecule is CCCCC(=O)C(CCC1(C)OCCO1)P(=O)(c1ccccc1)c1ccccc1. The Labute approximate surface area is 174 Å². The molecule has 1 aliphatic heterocycles. The monoisotopic (exact) mass is 414 g/mol. The molecule has 0 radical (unpaired) electrons. The van der Waals surface area contributed by atoms with Crippen LogP contribution in [-0.2, 0) is 18.8 Å². The van der Waals surface area contributed by atoms with Crippen molar-refractivity contribution in [2.75, 3.05) is 13.2 Å². The molecule has 5 heteroatoms. The summed E-state index contributed by atoms with van der Waals surface area (Å²) in [5.41, 5.74) is -0.580. The Morgan fingerprint density at radius 1 is 1.00 bits per heavy atom. The van der Waals surface area contributed by atoms with Crippen molar-refractivity contribution in [2.45, 2.75) is 57.4 Å². The number of unbranched alkanes of at least 4 members (excludes halogenated alkanes) is 1. The normalized spacial score (nSPS) is 17.2. The number of ether oxygens (including phenoxy) is 2. The third kappa shape index (κ3) is 5.06. The van der Waals surface area contributed by atoms with Crippen LogP contribution in [0.4, 0.5) is 0 Å². The van der Waals surface area contributed by atoms with Gasteiger partial charge in [-0.3, -0.25) is 4.79 Å². The van der Waals surface area contributed by atoms with Gasteiger partial charge < -0.3 is 14.0 Å². The maximum absolute atomic E-state index is 14.7. The summed E-state index contributed by atoms with van der Waals surface area (Å²) in [6, 6.07) is 18.9. The molecule has 1 heterocycles. The van der Waals surface area contributed by atoms with E-state index in [0.717, 1.165) is 23.5 Å². The molecule has 2 aromatic rings. The first-order chi connectivity index (χ1) is 14.0. The summed E-state index contributed by atoms with van der Waals surface area (Å²) in [6.45, 7) is 5.08. The average Bonchev–Trinajstić information content (AvgIpc) is 3.20. The zero-order valence-electron chi connectivity index (χ0n) is 17.4. The molecule has 0 amide bonds. The third-order valence-corrected chi connectivity index (χ3v) is 9.19. The Bertz CT molecular complexity index is 785. The molecule has 1 atom stereocenters. The highest BCUT2D eigenvalue weighted by molar-refractivity contribution is 7.80. The van der Waals surface area contributed by atoms with E-state index in [2.05, 4.69) is 6.92 Å². The largest absolute Gasteiger partial charge is 0.348 e. The first-order valence-corrected chi connectivity index (χ1v) is 12.3. The highest BCUT2D eigenvalue weighted by Crippen LogP contribution is 2.52. The third-order valence-electron chi connectivity index (χ3n) is 5.64.